The van der Waals surface area contributed by atoms with E-state index in [4.69, 9.17) is 18.6 Å². The van der Waals surface area contributed by atoms with Gasteiger partial charge in [0, 0.05) is 25.9 Å². The predicted octanol–water partition coefficient (Wildman–Crippen LogP) is 4.33. The lowest BCUT2D eigenvalue weighted by Crippen LogP contribution is -2.45. The highest BCUT2D eigenvalue weighted by Gasteiger charge is 2.23. The third-order valence-corrected chi connectivity index (χ3v) is 6.03. The molecule has 0 saturated heterocycles. The molecule has 0 atom stereocenters. The summed E-state index contributed by atoms with van der Waals surface area (Å²) >= 11 is 0. The van der Waals surface area contributed by atoms with Crippen LogP contribution in [-0.4, -0.2) is 55.3 Å². The second-order valence-corrected chi connectivity index (χ2v) is 8.66. The van der Waals surface area contributed by atoms with Crippen LogP contribution in [0.3, 0.4) is 0 Å². The Labute approximate surface area is 210 Å². The van der Waals surface area contributed by atoms with Crippen molar-refractivity contribution < 1.29 is 28.2 Å². The third-order valence-electron chi connectivity index (χ3n) is 6.03. The number of hydrogen-bond acceptors (Lipinski definition) is 6. The number of benzene rings is 2. The highest BCUT2D eigenvalue weighted by molar-refractivity contribution is 5.92. The maximum absolute atomic E-state index is 13.5. The van der Waals surface area contributed by atoms with Gasteiger partial charge in [0.2, 0.25) is 12.7 Å². The van der Waals surface area contributed by atoms with Gasteiger partial charge in [-0.05, 0) is 66.9 Å². The monoisotopic (exact) mass is 493 g/mol. The second kappa shape index (κ2) is 11.6. The van der Waals surface area contributed by atoms with Crippen LogP contribution in [0.15, 0.2) is 59.2 Å². The fraction of sp³-hybridized carbons (Fsp3) is 0.333. The minimum atomic E-state index is -0.371. The number of anilines is 1. The molecule has 190 valence electrons. The molecule has 2 heterocycles. The van der Waals surface area contributed by atoms with Gasteiger partial charge in [0.15, 0.2) is 11.5 Å². The van der Waals surface area contributed by atoms with Crippen LogP contribution in [0.5, 0.6) is 11.5 Å². The summed E-state index contributed by atoms with van der Waals surface area (Å²) < 4.78 is 21.5. The summed E-state index contributed by atoms with van der Waals surface area (Å²) in [6.07, 6.45) is 1.57. The molecule has 9 nitrogen and oxygen atoms in total. The number of carbonyl (C=O) groups is 2. The van der Waals surface area contributed by atoms with E-state index in [0.717, 1.165) is 16.7 Å². The average molecular weight is 494 g/mol. The molecule has 3 aromatic rings. The van der Waals surface area contributed by atoms with Gasteiger partial charge in [0.25, 0.3) is 0 Å². The topological polar surface area (TPSA) is 93.5 Å². The molecular formula is C27H31N3O6. The van der Waals surface area contributed by atoms with Gasteiger partial charge < -0.3 is 33.7 Å². The molecule has 1 aliphatic heterocycles. The molecule has 0 spiro atoms. The zero-order valence-electron chi connectivity index (χ0n) is 20.8. The van der Waals surface area contributed by atoms with E-state index < -0.39 is 0 Å². The lowest BCUT2D eigenvalue weighted by atomic mass is 10.1. The number of carbonyl (C=O) groups excluding carboxylic acids is 2. The summed E-state index contributed by atoms with van der Waals surface area (Å²) in [5.41, 5.74) is 3.75. The van der Waals surface area contributed by atoms with E-state index >= 15 is 0 Å². The first kappa shape index (κ1) is 25.1. The van der Waals surface area contributed by atoms with Crippen LogP contribution in [0.1, 0.15) is 22.5 Å². The number of aryl methyl sites for hydroxylation is 2. The summed E-state index contributed by atoms with van der Waals surface area (Å²) in [5.74, 6) is 1.74. The number of hydrogen-bond donors (Lipinski definition) is 1. The Morgan fingerprint density at radius 3 is 2.56 bits per heavy atom. The van der Waals surface area contributed by atoms with E-state index in [0.29, 0.717) is 36.1 Å². The quantitative estimate of drug-likeness (QED) is 0.452. The van der Waals surface area contributed by atoms with Gasteiger partial charge in [-0.2, -0.15) is 0 Å². The summed E-state index contributed by atoms with van der Waals surface area (Å²) in [6.45, 7) is 5.19. The number of rotatable bonds is 10. The zero-order valence-corrected chi connectivity index (χ0v) is 20.8. The van der Waals surface area contributed by atoms with Crippen molar-refractivity contribution in [3.8, 4) is 11.5 Å². The number of fused-ring (bicyclic) bond motifs is 1. The van der Waals surface area contributed by atoms with Crippen molar-refractivity contribution in [2.75, 3.05) is 38.9 Å². The van der Waals surface area contributed by atoms with Crippen molar-refractivity contribution in [1.82, 2.24) is 9.80 Å². The molecule has 1 aliphatic rings. The molecule has 3 amide bonds. The fourth-order valence-corrected chi connectivity index (χ4v) is 3.82. The summed E-state index contributed by atoms with van der Waals surface area (Å²) in [6, 6.07) is 14.5. The van der Waals surface area contributed by atoms with E-state index in [1.165, 1.54) is 4.90 Å². The van der Waals surface area contributed by atoms with Gasteiger partial charge in [0.1, 0.15) is 12.3 Å². The maximum Gasteiger partial charge on any atom is 0.322 e. The average Bonchev–Trinajstić information content (AvgIpc) is 3.55. The molecule has 0 unspecified atom stereocenters. The van der Waals surface area contributed by atoms with Gasteiger partial charge in [-0.25, -0.2) is 4.79 Å². The second-order valence-electron chi connectivity index (χ2n) is 8.66. The Kier molecular flexibility index (Phi) is 8.12. The maximum atomic E-state index is 13.5. The zero-order chi connectivity index (χ0) is 25.5. The Morgan fingerprint density at radius 2 is 1.81 bits per heavy atom. The number of urea groups is 1. The summed E-state index contributed by atoms with van der Waals surface area (Å²) in [5, 5.41) is 2.90. The SMILES string of the molecule is COCCN(CC(=O)N(Cc1ccc2c(c1)OCO2)Cc1ccco1)C(=O)Nc1ccc(C)c(C)c1. The van der Waals surface area contributed by atoms with Crippen molar-refractivity contribution in [3.05, 3.63) is 77.2 Å². The molecular weight excluding hydrogens is 462 g/mol. The van der Waals surface area contributed by atoms with Crippen molar-refractivity contribution in [1.29, 1.82) is 0 Å². The van der Waals surface area contributed by atoms with Crippen LogP contribution in [0, 0.1) is 13.8 Å². The third kappa shape index (κ3) is 6.37. The highest BCUT2D eigenvalue weighted by Crippen LogP contribution is 2.33. The van der Waals surface area contributed by atoms with Crippen molar-refractivity contribution in [3.63, 3.8) is 0 Å². The van der Waals surface area contributed by atoms with Crippen LogP contribution in [0.4, 0.5) is 10.5 Å². The number of amides is 3. The number of nitrogens with one attached hydrogen (secondary N) is 1. The molecule has 0 radical (unpaired) electrons. The van der Waals surface area contributed by atoms with Crippen LogP contribution >= 0.6 is 0 Å². The van der Waals surface area contributed by atoms with Gasteiger partial charge in [-0.3, -0.25) is 4.79 Å². The highest BCUT2D eigenvalue weighted by atomic mass is 16.7. The number of nitrogens with zero attached hydrogens (tertiary/aromatic N) is 2. The van der Waals surface area contributed by atoms with E-state index in [1.54, 1.807) is 24.3 Å². The van der Waals surface area contributed by atoms with Crippen LogP contribution in [0.25, 0.3) is 0 Å². The summed E-state index contributed by atoms with van der Waals surface area (Å²) in [7, 11) is 1.56. The van der Waals surface area contributed by atoms with Gasteiger partial charge in [-0.15, -0.1) is 0 Å². The Balaban J connectivity index is 1.49. The van der Waals surface area contributed by atoms with Crippen LogP contribution in [-0.2, 0) is 22.6 Å². The van der Waals surface area contributed by atoms with E-state index in [2.05, 4.69) is 5.32 Å². The number of methoxy groups -OCH3 is 1. The van der Waals surface area contributed by atoms with Crippen LogP contribution < -0.4 is 14.8 Å². The van der Waals surface area contributed by atoms with Crippen molar-refractivity contribution in [2.24, 2.45) is 0 Å². The Morgan fingerprint density at radius 1 is 0.972 bits per heavy atom. The summed E-state index contributed by atoms with van der Waals surface area (Å²) in [4.78, 5) is 29.7. The van der Waals surface area contributed by atoms with Crippen molar-refractivity contribution in [2.45, 2.75) is 26.9 Å². The minimum Gasteiger partial charge on any atom is -0.467 e. The van der Waals surface area contributed by atoms with E-state index in [9.17, 15) is 9.59 Å². The normalized spacial score (nSPS) is 11.9. The molecule has 2 aromatic carbocycles. The lowest BCUT2D eigenvalue weighted by Gasteiger charge is -2.27. The smallest absolute Gasteiger partial charge is 0.322 e. The van der Waals surface area contributed by atoms with Crippen LogP contribution in [0.2, 0.25) is 0 Å². The largest absolute Gasteiger partial charge is 0.467 e. The molecule has 4 rings (SSSR count). The molecule has 9 heteroatoms. The van der Waals surface area contributed by atoms with Gasteiger partial charge in [-0.1, -0.05) is 12.1 Å². The molecule has 1 aromatic heterocycles. The van der Waals surface area contributed by atoms with Gasteiger partial charge in [0.05, 0.1) is 19.4 Å². The molecule has 36 heavy (non-hydrogen) atoms. The number of furan rings is 1. The molecule has 0 fully saturated rings. The van der Waals surface area contributed by atoms with E-state index in [1.807, 2.05) is 56.3 Å². The van der Waals surface area contributed by atoms with E-state index in [-0.39, 0.29) is 38.4 Å². The first-order valence-corrected chi connectivity index (χ1v) is 11.7. The molecule has 0 aliphatic carbocycles. The molecule has 0 saturated carbocycles. The predicted molar refractivity (Wildman–Crippen MR) is 134 cm³/mol. The minimum absolute atomic E-state index is 0.120. The Hall–Kier alpha value is -3.98. The molecule has 0 bridgehead atoms. The first-order chi connectivity index (χ1) is 17.4. The first-order valence-electron chi connectivity index (χ1n) is 11.7. The fourth-order valence-electron chi connectivity index (χ4n) is 3.82. The lowest BCUT2D eigenvalue weighted by molar-refractivity contribution is -0.133. The molecule has 1 N–H and O–H groups in total. The Bertz CT molecular complexity index is 1190. The van der Waals surface area contributed by atoms with Crippen molar-refractivity contribution >= 4 is 17.6 Å². The standard InChI is InChI=1S/C27H31N3O6/c1-19-6-8-22(13-20(19)2)28-27(32)29(10-12-33-3)17-26(31)30(16-23-5-4-11-34-23)15-21-7-9-24-25(14-21)36-18-35-24/h4-9,11,13-14H,10,12,15-18H2,1-3H3,(H,28,32). The van der Waals surface area contributed by atoms with Gasteiger partial charge >= 0.3 is 6.03 Å². The number of ether oxygens (including phenoxy) is 3.